The third-order valence-electron chi connectivity index (χ3n) is 4.15. The van der Waals surface area contributed by atoms with Gasteiger partial charge >= 0.3 is 5.69 Å². The SMILES string of the molecule is O=C(COc1c(Br)cc(Br)cc1Br)NN=Cc1cccc(Oc2ccc([N+](=O)[O-])cc2[N+](=O)[O-])c1. The van der Waals surface area contributed by atoms with Crippen LogP contribution in [0.2, 0.25) is 0 Å². The van der Waals surface area contributed by atoms with Crippen molar-refractivity contribution in [1.82, 2.24) is 5.43 Å². The number of nitro groups is 2. The number of carbonyl (C=O) groups is 1. The summed E-state index contributed by atoms with van der Waals surface area (Å²) in [6.45, 7) is -0.289. The van der Waals surface area contributed by atoms with Crippen molar-refractivity contribution in [3.63, 3.8) is 0 Å². The highest BCUT2D eigenvalue weighted by atomic mass is 79.9. The Kier molecular flexibility index (Phi) is 8.89. The summed E-state index contributed by atoms with van der Waals surface area (Å²) in [4.78, 5) is 32.7. The summed E-state index contributed by atoms with van der Waals surface area (Å²) in [5.74, 6) is 0.0188. The van der Waals surface area contributed by atoms with Crippen LogP contribution in [0.3, 0.4) is 0 Å². The van der Waals surface area contributed by atoms with Gasteiger partial charge < -0.3 is 9.47 Å². The predicted octanol–water partition coefficient (Wildman–Crippen LogP) is 6.11. The van der Waals surface area contributed by atoms with Crippen LogP contribution in [0.25, 0.3) is 0 Å². The highest BCUT2D eigenvalue weighted by molar-refractivity contribution is 9.11. The first-order valence-electron chi connectivity index (χ1n) is 9.44. The molecule has 0 unspecified atom stereocenters. The lowest BCUT2D eigenvalue weighted by Crippen LogP contribution is -2.24. The van der Waals surface area contributed by atoms with Crippen molar-refractivity contribution >= 4 is 71.3 Å². The van der Waals surface area contributed by atoms with Crippen molar-refractivity contribution in [1.29, 1.82) is 0 Å². The molecule has 0 saturated carbocycles. The molecule has 0 saturated heterocycles. The van der Waals surface area contributed by atoms with Crippen LogP contribution in [-0.4, -0.2) is 28.6 Å². The zero-order valence-corrected chi connectivity index (χ0v) is 22.1. The first-order valence-corrected chi connectivity index (χ1v) is 11.8. The molecule has 1 N–H and O–H groups in total. The Morgan fingerprint density at radius 1 is 1.00 bits per heavy atom. The molecule has 1 amide bonds. The minimum absolute atomic E-state index is 0.162. The number of hydrogen-bond donors (Lipinski definition) is 1. The molecule has 0 aliphatic heterocycles. The normalized spacial score (nSPS) is 10.7. The zero-order valence-electron chi connectivity index (χ0n) is 17.3. The summed E-state index contributed by atoms with van der Waals surface area (Å²) in [6, 6.07) is 13.0. The van der Waals surface area contributed by atoms with Crippen molar-refractivity contribution in [3.05, 3.63) is 93.8 Å². The second kappa shape index (κ2) is 11.9. The summed E-state index contributed by atoms with van der Waals surface area (Å²) in [6.07, 6.45) is 1.35. The fraction of sp³-hybridized carbons (Fsp3) is 0.0476. The summed E-state index contributed by atoms with van der Waals surface area (Å²) >= 11 is 10.1. The largest absolute Gasteiger partial charge is 0.481 e. The van der Waals surface area contributed by atoms with Crippen molar-refractivity contribution in [2.75, 3.05) is 6.61 Å². The van der Waals surface area contributed by atoms with Crippen LogP contribution >= 0.6 is 47.8 Å². The number of non-ortho nitro benzene ring substituents is 1. The van der Waals surface area contributed by atoms with Gasteiger partial charge in [0, 0.05) is 10.5 Å². The molecule has 14 heteroatoms. The van der Waals surface area contributed by atoms with E-state index >= 15 is 0 Å². The first-order chi connectivity index (χ1) is 16.6. The van der Waals surface area contributed by atoms with Crippen LogP contribution in [0.4, 0.5) is 11.4 Å². The van der Waals surface area contributed by atoms with Gasteiger partial charge in [-0.2, -0.15) is 5.10 Å². The molecule has 11 nitrogen and oxygen atoms in total. The lowest BCUT2D eigenvalue weighted by molar-refractivity contribution is -0.394. The Bertz CT molecular complexity index is 1310. The molecule has 0 bridgehead atoms. The number of amides is 1. The minimum atomic E-state index is -0.767. The molecule has 0 heterocycles. The lowest BCUT2D eigenvalue weighted by atomic mass is 10.2. The highest BCUT2D eigenvalue weighted by Gasteiger charge is 2.21. The van der Waals surface area contributed by atoms with Gasteiger partial charge in [-0.25, -0.2) is 5.43 Å². The number of carbonyl (C=O) groups excluding carboxylic acids is 1. The Labute approximate surface area is 222 Å². The van der Waals surface area contributed by atoms with Gasteiger partial charge in [0.15, 0.2) is 6.61 Å². The zero-order chi connectivity index (χ0) is 25.5. The van der Waals surface area contributed by atoms with E-state index < -0.39 is 27.1 Å². The Morgan fingerprint density at radius 3 is 2.37 bits per heavy atom. The van der Waals surface area contributed by atoms with E-state index in [-0.39, 0.29) is 18.1 Å². The van der Waals surface area contributed by atoms with E-state index in [1.54, 1.807) is 30.3 Å². The fourth-order valence-corrected chi connectivity index (χ4v) is 5.14. The van der Waals surface area contributed by atoms with E-state index in [4.69, 9.17) is 9.47 Å². The van der Waals surface area contributed by atoms with Crippen molar-refractivity contribution in [3.8, 4) is 17.2 Å². The maximum atomic E-state index is 12.1. The Balaban J connectivity index is 1.63. The van der Waals surface area contributed by atoms with Crippen LogP contribution in [0.1, 0.15) is 5.56 Å². The van der Waals surface area contributed by atoms with Gasteiger partial charge in [-0.1, -0.05) is 28.1 Å². The standard InChI is InChI=1S/C21H13Br3N4O7/c22-13-7-16(23)21(17(24)8-13)34-11-20(29)26-25-10-12-2-1-3-15(6-12)35-19-5-4-14(27(30)31)9-18(19)28(32)33/h1-10H,11H2,(H,26,29). The third kappa shape index (κ3) is 7.31. The van der Waals surface area contributed by atoms with Gasteiger partial charge in [-0.05, 0) is 67.8 Å². The quantitative estimate of drug-likeness (QED) is 0.164. The van der Waals surface area contributed by atoms with Crippen molar-refractivity contribution in [2.45, 2.75) is 0 Å². The molecule has 0 aliphatic carbocycles. The fourth-order valence-electron chi connectivity index (χ4n) is 2.65. The van der Waals surface area contributed by atoms with Gasteiger partial charge in [0.2, 0.25) is 5.75 Å². The molecule has 0 fully saturated rings. The summed E-state index contributed by atoms with van der Waals surface area (Å²) in [7, 11) is 0. The maximum Gasteiger partial charge on any atom is 0.318 e. The molecular weight excluding hydrogens is 660 g/mol. The van der Waals surface area contributed by atoms with Crippen LogP contribution in [0.15, 0.2) is 73.1 Å². The molecule has 0 radical (unpaired) electrons. The van der Waals surface area contributed by atoms with Gasteiger partial charge in [-0.3, -0.25) is 25.0 Å². The molecule has 0 atom stereocenters. The molecular formula is C21H13Br3N4O7. The maximum absolute atomic E-state index is 12.1. The average molecular weight is 673 g/mol. The van der Waals surface area contributed by atoms with E-state index in [0.717, 1.165) is 22.7 Å². The second-order valence-corrected chi connectivity index (χ2v) is 9.25. The molecule has 0 aromatic heterocycles. The van der Waals surface area contributed by atoms with Gasteiger partial charge in [0.05, 0.1) is 31.1 Å². The molecule has 3 aromatic carbocycles. The van der Waals surface area contributed by atoms with Crippen LogP contribution < -0.4 is 14.9 Å². The minimum Gasteiger partial charge on any atom is -0.481 e. The first kappa shape index (κ1) is 26.2. The van der Waals surface area contributed by atoms with Crippen LogP contribution in [-0.2, 0) is 4.79 Å². The third-order valence-corrected chi connectivity index (χ3v) is 5.79. The summed E-state index contributed by atoms with van der Waals surface area (Å²) in [5, 5.41) is 26.0. The number of halogens is 3. The van der Waals surface area contributed by atoms with E-state index in [1.807, 2.05) is 0 Å². The lowest BCUT2D eigenvalue weighted by Gasteiger charge is -2.10. The highest BCUT2D eigenvalue weighted by Crippen LogP contribution is 2.36. The number of benzene rings is 3. The number of nitrogens with one attached hydrogen (secondary N) is 1. The summed E-state index contributed by atoms with van der Waals surface area (Å²) in [5.41, 5.74) is 1.88. The number of hydrogen-bond acceptors (Lipinski definition) is 8. The summed E-state index contributed by atoms with van der Waals surface area (Å²) < 4.78 is 13.2. The number of nitrogens with zero attached hydrogens (tertiary/aromatic N) is 3. The number of ether oxygens (including phenoxy) is 2. The second-order valence-electron chi connectivity index (χ2n) is 6.62. The molecule has 3 aromatic rings. The van der Waals surface area contributed by atoms with Crippen LogP contribution in [0.5, 0.6) is 17.2 Å². The van der Waals surface area contributed by atoms with Gasteiger partial charge in [-0.15, -0.1) is 0 Å². The Morgan fingerprint density at radius 2 is 1.71 bits per heavy atom. The number of hydrazone groups is 1. The van der Waals surface area contributed by atoms with E-state index in [1.165, 1.54) is 12.3 Å². The topological polar surface area (TPSA) is 146 Å². The smallest absolute Gasteiger partial charge is 0.318 e. The van der Waals surface area contributed by atoms with Gasteiger partial charge in [0.25, 0.3) is 11.6 Å². The molecule has 0 spiro atoms. The average Bonchev–Trinajstić information content (AvgIpc) is 2.78. The molecule has 3 rings (SSSR count). The van der Waals surface area contributed by atoms with Crippen molar-refractivity contribution in [2.24, 2.45) is 5.10 Å². The molecule has 0 aliphatic rings. The van der Waals surface area contributed by atoms with Gasteiger partial charge in [0.1, 0.15) is 11.5 Å². The molecule has 180 valence electrons. The van der Waals surface area contributed by atoms with E-state index in [2.05, 4.69) is 58.3 Å². The van der Waals surface area contributed by atoms with Crippen molar-refractivity contribution < 1.29 is 24.1 Å². The predicted molar refractivity (Wildman–Crippen MR) is 137 cm³/mol. The number of nitro benzene ring substituents is 2. The monoisotopic (exact) mass is 670 g/mol. The molecule has 35 heavy (non-hydrogen) atoms. The van der Waals surface area contributed by atoms with E-state index in [0.29, 0.717) is 20.3 Å². The number of rotatable bonds is 9. The van der Waals surface area contributed by atoms with Crippen LogP contribution in [0, 0.1) is 20.2 Å². The van der Waals surface area contributed by atoms with E-state index in [9.17, 15) is 25.0 Å². The Hall–Kier alpha value is -3.36.